The molecule has 0 aromatic heterocycles. The van der Waals surface area contributed by atoms with Gasteiger partial charge in [0.1, 0.15) is 0 Å². The predicted octanol–water partition coefficient (Wildman–Crippen LogP) is 2.85. The summed E-state index contributed by atoms with van der Waals surface area (Å²) in [7, 11) is 0. The van der Waals surface area contributed by atoms with Crippen LogP contribution in [0.1, 0.15) is 18.9 Å². The minimum Gasteiger partial charge on any atom is -0.395 e. The van der Waals surface area contributed by atoms with Crippen molar-refractivity contribution in [3.63, 3.8) is 0 Å². The second-order valence-corrected chi connectivity index (χ2v) is 4.18. The smallest absolute Gasteiger partial charge is 0.0584 e. The van der Waals surface area contributed by atoms with Gasteiger partial charge in [-0.3, -0.25) is 0 Å². The van der Waals surface area contributed by atoms with Gasteiger partial charge in [-0.05, 0) is 18.6 Å². The maximum absolute atomic E-state index is 9.01. The van der Waals surface area contributed by atoms with Crippen LogP contribution in [-0.2, 0) is 6.54 Å². The Bertz CT molecular complexity index is 293. The van der Waals surface area contributed by atoms with Crippen LogP contribution in [0.2, 0.25) is 10.0 Å². The average molecular weight is 248 g/mol. The molecular formula is C11H15Cl2NO. The van der Waals surface area contributed by atoms with Gasteiger partial charge < -0.3 is 10.4 Å². The van der Waals surface area contributed by atoms with E-state index >= 15 is 0 Å². The van der Waals surface area contributed by atoms with Gasteiger partial charge in [0.25, 0.3) is 0 Å². The van der Waals surface area contributed by atoms with Crippen LogP contribution in [0.25, 0.3) is 0 Å². The third kappa shape index (κ3) is 3.65. The Morgan fingerprint density at radius 1 is 1.33 bits per heavy atom. The van der Waals surface area contributed by atoms with Crippen molar-refractivity contribution in [3.8, 4) is 0 Å². The number of halogens is 2. The van der Waals surface area contributed by atoms with Gasteiger partial charge >= 0.3 is 0 Å². The molecule has 0 unspecified atom stereocenters. The Morgan fingerprint density at radius 3 is 2.40 bits per heavy atom. The van der Waals surface area contributed by atoms with Crippen LogP contribution >= 0.6 is 23.2 Å². The molecule has 15 heavy (non-hydrogen) atoms. The molecule has 84 valence electrons. The first-order valence-corrected chi connectivity index (χ1v) is 5.71. The molecule has 0 saturated carbocycles. The highest BCUT2D eigenvalue weighted by Gasteiger charge is 2.08. The average Bonchev–Trinajstić information content (AvgIpc) is 2.23. The van der Waals surface area contributed by atoms with E-state index < -0.39 is 0 Å². The lowest BCUT2D eigenvalue weighted by Gasteiger charge is -2.15. The summed E-state index contributed by atoms with van der Waals surface area (Å²) in [6.07, 6.45) is 0.874. The number of hydrogen-bond acceptors (Lipinski definition) is 2. The number of benzene rings is 1. The third-order valence-corrected chi connectivity index (χ3v) is 3.05. The van der Waals surface area contributed by atoms with E-state index in [0.29, 0.717) is 16.6 Å². The van der Waals surface area contributed by atoms with Gasteiger partial charge in [0.15, 0.2) is 0 Å². The first kappa shape index (κ1) is 12.8. The van der Waals surface area contributed by atoms with E-state index in [9.17, 15) is 0 Å². The summed E-state index contributed by atoms with van der Waals surface area (Å²) < 4.78 is 0. The van der Waals surface area contributed by atoms with Crippen LogP contribution in [-0.4, -0.2) is 17.8 Å². The lowest BCUT2D eigenvalue weighted by molar-refractivity contribution is 0.238. The first-order chi connectivity index (χ1) is 7.19. The standard InChI is InChI=1S/C11H15Cl2NO/c1-2-8(7-15)14-6-9-10(12)4-3-5-11(9)13/h3-5,8,14-15H,2,6-7H2,1H3/t8-/m0/s1. The summed E-state index contributed by atoms with van der Waals surface area (Å²) in [5.74, 6) is 0. The van der Waals surface area contributed by atoms with E-state index in [1.165, 1.54) is 0 Å². The molecule has 0 bridgehead atoms. The number of hydrogen-bond donors (Lipinski definition) is 2. The molecule has 1 atom stereocenters. The van der Waals surface area contributed by atoms with Gasteiger partial charge in [-0.1, -0.05) is 36.2 Å². The van der Waals surface area contributed by atoms with Crippen molar-refractivity contribution in [3.05, 3.63) is 33.8 Å². The van der Waals surface area contributed by atoms with Gasteiger partial charge in [-0.15, -0.1) is 0 Å². The summed E-state index contributed by atoms with van der Waals surface area (Å²) in [6, 6.07) is 5.53. The monoisotopic (exact) mass is 247 g/mol. The molecular weight excluding hydrogens is 233 g/mol. The van der Waals surface area contributed by atoms with E-state index in [1.807, 2.05) is 25.1 Å². The lowest BCUT2D eigenvalue weighted by atomic mass is 10.2. The number of nitrogens with one attached hydrogen (secondary N) is 1. The largest absolute Gasteiger partial charge is 0.395 e. The third-order valence-electron chi connectivity index (χ3n) is 2.34. The maximum atomic E-state index is 9.01. The molecule has 0 heterocycles. The van der Waals surface area contributed by atoms with Gasteiger partial charge in [0.05, 0.1) is 6.61 Å². The van der Waals surface area contributed by atoms with Crippen LogP contribution in [0.4, 0.5) is 0 Å². The Hall–Kier alpha value is -0.280. The fraction of sp³-hybridized carbons (Fsp3) is 0.455. The molecule has 0 spiro atoms. The topological polar surface area (TPSA) is 32.3 Å². The molecule has 0 amide bonds. The fourth-order valence-corrected chi connectivity index (χ4v) is 1.82. The molecule has 1 aromatic rings. The molecule has 2 nitrogen and oxygen atoms in total. The molecule has 0 aliphatic rings. The molecule has 1 rings (SSSR count). The number of aliphatic hydroxyl groups excluding tert-OH is 1. The normalized spacial score (nSPS) is 12.8. The van der Waals surface area contributed by atoms with E-state index in [2.05, 4.69) is 5.32 Å². The van der Waals surface area contributed by atoms with Crippen molar-refractivity contribution in [1.82, 2.24) is 5.32 Å². The highest BCUT2D eigenvalue weighted by molar-refractivity contribution is 6.35. The van der Waals surface area contributed by atoms with Crippen LogP contribution < -0.4 is 5.32 Å². The molecule has 4 heteroatoms. The van der Waals surface area contributed by atoms with Crippen molar-refractivity contribution in [2.75, 3.05) is 6.61 Å². The van der Waals surface area contributed by atoms with Gasteiger partial charge in [0, 0.05) is 28.2 Å². The highest BCUT2D eigenvalue weighted by Crippen LogP contribution is 2.23. The van der Waals surface area contributed by atoms with Crippen molar-refractivity contribution in [1.29, 1.82) is 0 Å². The van der Waals surface area contributed by atoms with Gasteiger partial charge in [0.2, 0.25) is 0 Å². The van der Waals surface area contributed by atoms with E-state index in [-0.39, 0.29) is 12.6 Å². The zero-order valence-corrected chi connectivity index (χ0v) is 10.1. The van der Waals surface area contributed by atoms with Crippen LogP contribution in [0, 0.1) is 0 Å². The molecule has 1 aromatic carbocycles. The lowest BCUT2D eigenvalue weighted by Crippen LogP contribution is -2.31. The molecule has 2 N–H and O–H groups in total. The van der Waals surface area contributed by atoms with Crippen molar-refractivity contribution in [2.45, 2.75) is 25.9 Å². The number of aliphatic hydroxyl groups is 1. The Kier molecular flexibility index (Phi) is 5.40. The van der Waals surface area contributed by atoms with Crippen molar-refractivity contribution >= 4 is 23.2 Å². The molecule has 0 fully saturated rings. The zero-order chi connectivity index (χ0) is 11.3. The fourth-order valence-electron chi connectivity index (χ4n) is 1.29. The SMILES string of the molecule is CC[C@@H](CO)NCc1c(Cl)cccc1Cl. The highest BCUT2D eigenvalue weighted by atomic mass is 35.5. The Labute approximate surface area is 100 Å². The zero-order valence-electron chi connectivity index (χ0n) is 8.63. The van der Waals surface area contributed by atoms with Gasteiger partial charge in [-0.2, -0.15) is 0 Å². The summed E-state index contributed by atoms with van der Waals surface area (Å²) in [5, 5.41) is 13.5. The quantitative estimate of drug-likeness (QED) is 0.839. The van der Waals surface area contributed by atoms with E-state index in [0.717, 1.165) is 12.0 Å². The molecule has 0 aliphatic heterocycles. The van der Waals surface area contributed by atoms with Gasteiger partial charge in [-0.25, -0.2) is 0 Å². The van der Waals surface area contributed by atoms with Crippen LogP contribution in [0.3, 0.4) is 0 Å². The van der Waals surface area contributed by atoms with Crippen LogP contribution in [0.5, 0.6) is 0 Å². The summed E-state index contributed by atoms with van der Waals surface area (Å²) >= 11 is 12.0. The van der Waals surface area contributed by atoms with E-state index in [1.54, 1.807) is 0 Å². The molecule has 0 aliphatic carbocycles. The number of rotatable bonds is 5. The minimum absolute atomic E-state index is 0.0948. The molecule has 0 radical (unpaired) electrons. The molecule has 0 saturated heterocycles. The predicted molar refractivity (Wildman–Crippen MR) is 64.5 cm³/mol. The minimum atomic E-state index is 0.0948. The summed E-state index contributed by atoms with van der Waals surface area (Å²) in [6.45, 7) is 2.72. The summed E-state index contributed by atoms with van der Waals surface area (Å²) in [5.41, 5.74) is 0.882. The Morgan fingerprint density at radius 2 is 1.93 bits per heavy atom. The maximum Gasteiger partial charge on any atom is 0.0584 e. The first-order valence-electron chi connectivity index (χ1n) is 4.96. The second-order valence-electron chi connectivity index (χ2n) is 3.37. The summed E-state index contributed by atoms with van der Waals surface area (Å²) in [4.78, 5) is 0. The van der Waals surface area contributed by atoms with E-state index in [4.69, 9.17) is 28.3 Å². The Balaban J connectivity index is 2.64. The van der Waals surface area contributed by atoms with Crippen LogP contribution in [0.15, 0.2) is 18.2 Å². The van der Waals surface area contributed by atoms with Crippen molar-refractivity contribution < 1.29 is 5.11 Å². The van der Waals surface area contributed by atoms with Crippen molar-refractivity contribution in [2.24, 2.45) is 0 Å². The second kappa shape index (κ2) is 6.33.